The van der Waals surface area contributed by atoms with Gasteiger partial charge in [-0.25, -0.2) is 4.79 Å². The molecule has 1 rings (SSSR count). The summed E-state index contributed by atoms with van der Waals surface area (Å²) in [6, 6.07) is 9.08. The Balaban J connectivity index is 2.71. The molecule has 0 aliphatic heterocycles. The van der Waals surface area contributed by atoms with E-state index >= 15 is 0 Å². The van der Waals surface area contributed by atoms with Crippen LogP contribution < -0.4 is 5.32 Å². The number of nitrogens with zero attached hydrogens (tertiary/aromatic N) is 1. The highest BCUT2D eigenvalue weighted by atomic mass is 16.5. The molecule has 5 heteroatoms. The molecule has 0 spiro atoms. The number of hydrogen-bond acceptors (Lipinski definition) is 4. The molecule has 1 aromatic carbocycles. The van der Waals surface area contributed by atoms with E-state index in [9.17, 15) is 14.9 Å². The van der Waals surface area contributed by atoms with Crippen LogP contribution in [0, 0.1) is 23.2 Å². The summed E-state index contributed by atoms with van der Waals surface area (Å²) in [6.07, 6.45) is 9.55. The number of rotatable bonds is 14. The van der Waals surface area contributed by atoms with Crippen LogP contribution in [0.4, 0.5) is 5.69 Å². The lowest BCUT2D eigenvalue weighted by molar-refractivity contribution is -0.139. The van der Waals surface area contributed by atoms with Gasteiger partial charge >= 0.3 is 5.97 Å². The van der Waals surface area contributed by atoms with Gasteiger partial charge in [0.15, 0.2) is 0 Å². The van der Waals surface area contributed by atoms with Gasteiger partial charge in [-0.05, 0) is 49.0 Å². The van der Waals surface area contributed by atoms with Crippen molar-refractivity contribution in [3.05, 3.63) is 35.4 Å². The minimum Gasteiger partial charge on any atom is -0.461 e. The summed E-state index contributed by atoms with van der Waals surface area (Å²) in [4.78, 5) is 24.7. The fraction of sp³-hybridized carbons (Fsp3) is 0.577. The van der Waals surface area contributed by atoms with Crippen LogP contribution in [0.3, 0.4) is 0 Å². The Bertz CT molecular complexity index is 747. The summed E-state index contributed by atoms with van der Waals surface area (Å²) in [5.74, 6) is -0.203. The number of amides is 1. The molecule has 170 valence electrons. The standard InChI is InChI=1S/C26H38N2O3/c1-5-9-11-20(7-3)19-31-26(30)23(18-27)17-21-13-15-24(16-14-21)28-25(29)22(8-4)12-10-6-2/h13-17,20,22H,5-12,19H2,1-4H3,(H,28,29)/b23-17-. The van der Waals surface area contributed by atoms with E-state index < -0.39 is 5.97 Å². The van der Waals surface area contributed by atoms with Crippen LogP contribution in [0.1, 0.15) is 84.6 Å². The number of nitrogens with one attached hydrogen (secondary N) is 1. The maximum absolute atomic E-state index is 12.4. The van der Waals surface area contributed by atoms with Crippen LogP contribution in [0.5, 0.6) is 0 Å². The number of hydrogen-bond donors (Lipinski definition) is 1. The SMILES string of the molecule is CCCCC(CC)COC(=O)/C(C#N)=C\c1ccc(NC(=O)C(CC)CCCC)cc1. The zero-order valence-electron chi connectivity index (χ0n) is 19.6. The molecule has 0 radical (unpaired) electrons. The average Bonchev–Trinajstić information content (AvgIpc) is 2.79. The summed E-state index contributed by atoms with van der Waals surface area (Å²) in [6.45, 7) is 8.72. The van der Waals surface area contributed by atoms with Crippen molar-refractivity contribution in [2.45, 2.75) is 79.1 Å². The second kappa shape index (κ2) is 15.2. The van der Waals surface area contributed by atoms with Gasteiger partial charge < -0.3 is 10.1 Å². The van der Waals surface area contributed by atoms with Crippen molar-refractivity contribution in [1.82, 2.24) is 0 Å². The second-order valence-electron chi connectivity index (χ2n) is 8.04. The molecule has 1 amide bonds. The lowest BCUT2D eigenvalue weighted by atomic mass is 9.98. The third-order valence-electron chi connectivity index (χ3n) is 5.59. The van der Waals surface area contributed by atoms with Crippen molar-refractivity contribution in [1.29, 1.82) is 5.26 Å². The van der Waals surface area contributed by atoms with Crippen LogP contribution in [-0.4, -0.2) is 18.5 Å². The summed E-state index contributed by atoms with van der Waals surface area (Å²) >= 11 is 0. The number of benzene rings is 1. The molecule has 0 saturated heterocycles. The molecule has 31 heavy (non-hydrogen) atoms. The Morgan fingerprint density at radius 3 is 2.23 bits per heavy atom. The highest BCUT2D eigenvalue weighted by Gasteiger charge is 2.16. The largest absolute Gasteiger partial charge is 0.461 e. The van der Waals surface area contributed by atoms with E-state index in [-0.39, 0.29) is 17.4 Å². The number of carbonyl (C=O) groups is 2. The third-order valence-corrected chi connectivity index (χ3v) is 5.59. The van der Waals surface area contributed by atoms with Crippen molar-refractivity contribution in [2.75, 3.05) is 11.9 Å². The molecule has 1 N–H and O–H groups in total. The van der Waals surface area contributed by atoms with Crippen molar-refractivity contribution in [3.63, 3.8) is 0 Å². The van der Waals surface area contributed by atoms with Gasteiger partial charge in [0.1, 0.15) is 11.6 Å². The zero-order chi connectivity index (χ0) is 23.1. The molecule has 5 nitrogen and oxygen atoms in total. The molecule has 0 aliphatic carbocycles. The first-order valence-corrected chi connectivity index (χ1v) is 11.7. The van der Waals surface area contributed by atoms with Gasteiger partial charge in [0.2, 0.25) is 5.91 Å². The van der Waals surface area contributed by atoms with Gasteiger partial charge in [0.25, 0.3) is 0 Å². The summed E-state index contributed by atoms with van der Waals surface area (Å²) < 4.78 is 5.38. The Labute approximate surface area is 187 Å². The lowest BCUT2D eigenvalue weighted by Crippen LogP contribution is -2.22. The molecule has 0 saturated carbocycles. The van der Waals surface area contributed by atoms with Crippen molar-refractivity contribution < 1.29 is 14.3 Å². The third kappa shape index (κ3) is 9.83. The lowest BCUT2D eigenvalue weighted by Gasteiger charge is -2.15. The fourth-order valence-corrected chi connectivity index (χ4v) is 3.35. The molecule has 2 unspecified atom stereocenters. The maximum atomic E-state index is 12.4. The van der Waals surface area contributed by atoms with Gasteiger partial charge in [0.05, 0.1) is 6.61 Å². The van der Waals surface area contributed by atoms with Crippen LogP contribution in [0.25, 0.3) is 6.08 Å². The van der Waals surface area contributed by atoms with E-state index in [0.29, 0.717) is 23.8 Å². The van der Waals surface area contributed by atoms with Crippen LogP contribution in [-0.2, 0) is 14.3 Å². The van der Waals surface area contributed by atoms with Crippen molar-refractivity contribution in [2.24, 2.45) is 11.8 Å². The molecule has 1 aromatic rings. The Kier molecular flexibility index (Phi) is 13.0. The molecule has 0 heterocycles. The van der Waals surface area contributed by atoms with E-state index in [4.69, 9.17) is 4.74 Å². The van der Waals surface area contributed by atoms with Crippen LogP contribution >= 0.6 is 0 Å². The van der Waals surface area contributed by atoms with Crippen LogP contribution in [0.2, 0.25) is 0 Å². The number of carbonyl (C=O) groups excluding carboxylic acids is 2. The number of anilines is 1. The van der Waals surface area contributed by atoms with E-state index in [1.54, 1.807) is 24.3 Å². The molecule has 0 aliphatic rings. The van der Waals surface area contributed by atoms with Gasteiger partial charge in [-0.15, -0.1) is 0 Å². The highest BCUT2D eigenvalue weighted by Crippen LogP contribution is 2.18. The molecule has 0 bridgehead atoms. The average molecular weight is 427 g/mol. The molecular weight excluding hydrogens is 388 g/mol. The maximum Gasteiger partial charge on any atom is 0.348 e. The number of nitriles is 1. The first-order chi connectivity index (χ1) is 15.0. The zero-order valence-corrected chi connectivity index (χ0v) is 19.6. The van der Waals surface area contributed by atoms with E-state index in [1.807, 2.05) is 13.0 Å². The summed E-state index contributed by atoms with van der Waals surface area (Å²) in [5.41, 5.74) is 1.40. The minimum absolute atomic E-state index is 0.0174. The van der Waals surface area contributed by atoms with Gasteiger partial charge in [-0.2, -0.15) is 5.26 Å². The first-order valence-electron chi connectivity index (χ1n) is 11.7. The van der Waals surface area contributed by atoms with E-state index in [0.717, 1.165) is 51.4 Å². The first kappa shape index (κ1) is 26.4. The van der Waals surface area contributed by atoms with Crippen LogP contribution in [0.15, 0.2) is 29.8 Å². The van der Waals surface area contributed by atoms with Gasteiger partial charge in [-0.3, -0.25) is 4.79 Å². The number of esters is 1. The Morgan fingerprint density at radius 1 is 1.03 bits per heavy atom. The van der Waals surface area contributed by atoms with E-state index in [2.05, 4.69) is 26.1 Å². The number of ether oxygens (including phenoxy) is 1. The molecular formula is C26H38N2O3. The fourth-order valence-electron chi connectivity index (χ4n) is 3.35. The predicted octanol–water partition coefficient (Wildman–Crippen LogP) is 6.51. The number of unbranched alkanes of at least 4 members (excludes halogenated alkanes) is 2. The topological polar surface area (TPSA) is 79.2 Å². The van der Waals surface area contributed by atoms with Gasteiger partial charge in [-0.1, -0.05) is 71.9 Å². The van der Waals surface area contributed by atoms with Gasteiger partial charge in [0, 0.05) is 11.6 Å². The monoisotopic (exact) mass is 426 g/mol. The molecule has 2 atom stereocenters. The van der Waals surface area contributed by atoms with Crippen molar-refractivity contribution >= 4 is 23.6 Å². The quantitative estimate of drug-likeness (QED) is 0.209. The second-order valence-corrected chi connectivity index (χ2v) is 8.04. The summed E-state index contributed by atoms with van der Waals surface area (Å²) in [5, 5.41) is 12.3. The smallest absolute Gasteiger partial charge is 0.348 e. The van der Waals surface area contributed by atoms with E-state index in [1.165, 1.54) is 6.08 Å². The normalized spacial score (nSPS) is 13.2. The van der Waals surface area contributed by atoms with Crippen molar-refractivity contribution in [3.8, 4) is 6.07 Å². The Morgan fingerprint density at radius 2 is 1.68 bits per heavy atom. The summed E-state index contributed by atoms with van der Waals surface area (Å²) in [7, 11) is 0. The molecule has 0 fully saturated rings. The predicted molar refractivity (Wildman–Crippen MR) is 126 cm³/mol. The molecule has 0 aromatic heterocycles. The Hall–Kier alpha value is -2.61. The highest BCUT2D eigenvalue weighted by molar-refractivity contribution is 5.98. The minimum atomic E-state index is -0.587.